The summed E-state index contributed by atoms with van der Waals surface area (Å²) in [5.74, 6) is 0.756. The van der Waals surface area contributed by atoms with E-state index < -0.39 is 0 Å². The molecule has 98 valence electrons. The van der Waals surface area contributed by atoms with E-state index >= 15 is 0 Å². The van der Waals surface area contributed by atoms with Gasteiger partial charge in [-0.05, 0) is 31.4 Å². The molecule has 0 aromatic carbocycles. The third-order valence-corrected chi connectivity index (χ3v) is 3.44. The van der Waals surface area contributed by atoms with Crippen LogP contribution in [0.25, 0.3) is 0 Å². The van der Waals surface area contributed by atoms with Gasteiger partial charge in [-0.1, -0.05) is 19.3 Å². The van der Waals surface area contributed by atoms with Gasteiger partial charge in [0.25, 0.3) is 5.91 Å². The van der Waals surface area contributed by atoms with Crippen LogP contribution in [0.4, 0.5) is 5.69 Å². The topological polar surface area (TPSA) is 54.0 Å². The van der Waals surface area contributed by atoms with Crippen LogP contribution in [0.15, 0.2) is 18.3 Å². The maximum Gasteiger partial charge on any atom is 0.269 e. The largest absolute Gasteiger partial charge is 0.384 e. The zero-order valence-corrected chi connectivity index (χ0v) is 10.9. The zero-order valence-electron chi connectivity index (χ0n) is 10.9. The highest BCUT2D eigenvalue weighted by atomic mass is 16.1. The van der Waals surface area contributed by atoms with Crippen LogP contribution >= 0.6 is 0 Å². The number of carbonyl (C=O) groups excluding carboxylic acids is 1. The number of anilines is 1. The molecule has 1 fully saturated rings. The number of amides is 1. The first-order chi connectivity index (χ1) is 8.79. The van der Waals surface area contributed by atoms with Crippen LogP contribution < -0.4 is 10.6 Å². The molecule has 4 heteroatoms. The smallest absolute Gasteiger partial charge is 0.269 e. The van der Waals surface area contributed by atoms with Crippen LogP contribution in [0, 0.1) is 5.92 Å². The Morgan fingerprint density at radius 3 is 2.83 bits per heavy atom. The number of hydrogen-bond acceptors (Lipinski definition) is 3. The summed E-state index contributed by atoms with van der Waals surface area (Å²) in [7, 11) is 0. The van der Waals surface area contributed by atoms with Crippen molar-refractivity contribution in [2.24, 2.45) is 5.92 Å². The maximum atomic E-state index is 11.8. The molecule has 0 radical (unpaired) electrons. The number of carbonyl (C=O) groups is 1. The highest BCUT2D eigenvalue weighted by molar-refractivity contribution is 5.92. The van der Waals surface area contributed by atoms with Gasteiger partial charge >= 0.3 is 0 Å². The van der Waals surface area contributed by atoms with Crippen molar-refractivity contribution < 1.29 is 4.79 Å². The molecule has 2 rings (SSSR count). The Morgan fingerprint density at radius 1 is 1.44 bits per heavy atom. The van der Waals surface area contributed by atoms with Crippen molar-refractivity contribution in [1.29, 1.82) is 0 Å². The van der Waals surface area contributed by atoms with Gasteiger partial charge < -0.3 is 10.6 Å². The quantitative estimate of drug-likeness (QED) is 0.811. The molecular weight excluding hydrogens is 226 g/mol. The number of rotatable bonds is 6. The van der Waals surface area contributed by atoms with Crippen molar-refractivity contribution in [2.45, 2.75) is 32.6 Å². The third kappa shape index (κ3) is 3.45. The molecular formula is C14H21N3O. The van der Waals surface area contributed by atoms with Gasteiger partial charge in [-0.2, -0.15) is 0 Å². The highest BCUT2D eigenvalue weighted by Gasteiger charge is 2.17. The summed E-state index contributed by atoms with van der Waals surface area (Å²) in [6, 6.07) is 3.65. The van der Waals surface area contributed by atoms with E-state index in [0.717, 1.165) is 31.1 Å². The van der Waals surface area contributed by atoms with Crippen molar-refractivity contribution in [3.8, 4) is 0 Å². The van der Waals surface area contributed by atoms with Gasteiger partial charge in [0.1, 0.15) is 5.69 Å². The second-order valence-corrected chi connectivity index (χ2v) is 4.80. The summed E-state index contributed by atoms with van der Waals surface area (Å²) >= 11 is 0. The summed E-state index contributed by atoms with van der Waals surface area (Å²) in [6.45, 7) is 3.65. The first kappa shape index (κ1) is 12.9. The van der Waals surface area contributed by atoms with Crippen LogP contribution in [-0.2, 0) is 0 Å². The fourth-order valence-corrected chi connectivity index (χ4v) is 2.10. The number of nitrogens with one attached hydrogen (secondary N) is 2. The van der Waals surface area contributed by atoms with E-state index in [1.165, 1.54) is 19.3 Å². The van der Waals surface area contributed by atoms with Gasteiger partial charge in [0.05, 0.1) is 11.9 Å². The van der Waals surface area contributed by atoms with E-state index in [1.807, 2.05) is 13.0 Å². The predicted octanol–water partition coefficient (Wildman–Crippen LogP) is 2.43. The van der Waals surface area contributed by atoms with E-state index in [9.17, 15) is 4.79 Å². The average molecular weight is 247 g/mol. The summed E-state index contributed by atoms with van der Waals surface area (Å²) < 4.78 is 0. The fourth-order valence-electron chi connectivity index (χ4n) is 2.10. The van der Waals surface area contributed by atoms with E-state index in [1.54, 1.807) is 12.3 Å². The third-order valence-electron chi connectivity index (χ3n) is 3.44. The monoisotopic (exact) mass is 247 g/mol. The van der Waals surface area contributed by atoms with E-state index in [-0.39, 0.29) is 5.91 Å². The van der Waals surface area contributed by atoms with Crippen molar-refractivity contribution >= 4 is 11.6 Å². The summed E-state index contributed by atoms with van der Waals surface area (Å²) in [5.41, 5.74) is 1.44. The summed E-state index contributed by atoms with van der Waals surface area (Å²) in [4.78, 5) is 16.0. The van der Waals surface area contributed by atoms with Crippen LogP contribution in [0.2, 0.25) is 0 Å². The van der Waals surface area contributed by atoms with Crippen molar-refractivity contribution in [2.75, 3.05) is 18.4 Å². The highest BCUT2D eigenvalue weighted by Crippen LogP contribution is 2.28. The van der Waals surface area contributed by atoms with Gasteiger partial charge in [-0.25, -0.2) is 4.98 Å². The van der Waals surface area contributed by atoms with Gasteiger partial charge in [-0.3, -0.25) is 4.79 Å². The first-order valence-corrected chi connectivity index (χ1v) is 6.77. The lowest BCUT2D eigenvalue weighted by molar-refractivity contribution is 0.0944. The van der Waals surface area contributed by atoms with Gasteiger partial charge in [-0.15, -0.1) is 0 Å². The van der Waals surface area contributed by atoms with Crippen LogP contribution in [0.3, 0.4) is 0 Å². The Labute approximate surface area is 108 Å². The minimum Gasteiger partial charge on any atom is -0.384 e. The molecule has 1 amide bonds. The molecule has 0 bridgehead atoms. The second-order valence-electron chi connectivity index (χ2n) is 4.80. The lowest BCUT2D eigenvalue weighted by atomic mass is 9.83. The molecule has 1 aromatic rings. The zero-order chi connectivity index (χ0) is 12.8. The van der Waals surface area contributed by atoms with E-state index in [2.05, 4.69) is 15.6 Å². The number of hydrogen-bond donors (Lipinski definition) is 2. The van der Waals surface area contributed by atoms with Crippen molar-refractivity contribution in [1.82, 2.24) is 10.3 Å². The van der Waals surface area contributed by atoms with Gasteiger partial charge in [0, 0.05) is 13.1 Å². The lowest BCUT2D eigenvalue weighted by Gasteiger charge is -2.25. The molecule has 0 atom stereocenters. The fraction of sp³-hybridized carbons (Fsp3) is 0.571. The molecule has 1 heterocycles. The molecule has 0 unspecified atom stereocenters. The molecule has 0 saturated heterocycles. The Kier molecular flexibility index (Phi) is 4.56. The summed E-state index contributed by atoms with van der Waals surface area (Å²) in [6.07, 6.45) is 6.80. The minimum absolute atomic E-state index is 0.0719. The Bertz CT molecular complexity index is 385. The molecule has 2 N–H and O–H groups in total. The van der Waals surface area contributed by atoms with Gasteiger partial charge in [0.15, 0.2) is 0 Å². The van der Waals surface area contributed by atoms with E-state index in [0.29, 0.717) is 5.69 Å². The molecule has 1 aromatic heterocycles. The molecule has 4 nitrogen and oxygen atoms in total. The Balaban J connectivity index is 1.76. The van der Waals surface area contributed by atoms with Gasteiger partial charge in [0.2, 0.25) is 0 Å². The maximum absolute atomic E-state index is 11.8. The predicted molar refractivity (Wildman–Crippen MR) is 72.7 cm³/mol. The van der Waals surface area contributed by atoms with Crippen LogP contribution in [0.1, 0.15) is 43.1 Å². The molecule has 0 aliphatic heterocycles. The molecule has 1 saturated carbocycles. The molecule has 0 spiro atoms. The van der Waals surface area contributed by atoms with E-state index in [4.69, 9.17) is 0 Å². The van der Waals surface area contributed by atoms with Crippen molar-refractivity contribution in [3.05, 3.63) is 24.0 Å². The number of aromatic nitrogens is 1. The van der Waals surface area contributed by atoms with Crippen LogP contribution in [0.5, 0.6) is 0 Å². The standard InChI is InChI=1S/C14H21N3O/c1-2-15-12-6-7-13(17-10-12)14(18)16-9-8-11-4-3-5-11/h6-7,10-11,15H,2-5,8-9H2,1H3,(H,16,18). The number of pyridine rings is 1. The summed E-state index contributed by atoms with van der Waals surface area (Å²) in [5, 5.41) is 6.08. The average Bonchev–Trinajstić information content (AvgIpc) is 2.33. The van der Waals surface area contributed by atoms with Crippen molar-refractivity contribution in [3.63, 3.8) is 0 Å². The molecule has 1 aliphatic rings. The molecule has 1 aliphatic carbocycles. The number of nitrogens with zero attached hydrogens (tertiary/aromatic N) is 1. The minimum atomic E-state index is -0.0719. The second kappa shape index (κ2) is 6.38. The van der Waals surface area contributed by atoms with Crippen LogP contribution in [-0.4, -0.2) is 24.0 Å². The molecule has 18 heavy (non-hydrogen) atoms. The normalized spacial score (nSPS) is 14.9. The Hall–Kier alpha value is -1.58. The lowest BCUT2D eigenvalue weighted by Crippen LogP contribution is -2.28. The Morgan fingerprint density at radius 2 is 2.28 bits per heavy atom. The first-order valence-electron chi connectivity index (χ1n) is 6.77. The SMILES string of the molecule is CCNc1ccc(C(=O)NCCC2CCC2)nc1.